The van der Waals surface area contributed by atoms with Gasteiger partial charge in [0.25, 0.3) is 0 Å². The highest BCUT2D eigenvalue weighted by molar-refractivity contribution is 6.25. The topological polar surface area (TPSA) is 15.3 Å². The molecule has 0 aromatic rings. The molecule has 2 atom stereocenters. The van der Waals surface area contributed by atoms with Gasteiger partial charge in [-0.25, -0.2) is 0 Å². The maximum atomic E-state index is 5.66. The van der Waals surface area contributed by atoms with Crippen molar-refractivity contribution in [2.24, 2.45) is 5.41 Å². The molecule has 0 amide bonds. The van der Waals surface area contributed by atoms with Crippen LogP contribution in [0, 0.1) is 5.41 Å². The van der Waals surface area contributed by atoms with E-state index in [1.165, 1.54) is 0 Å². The molecular formula is C14H27ClN2. The summed E-state index contributed by atoms with van der Waals surface area (Å²) >= 11 is 5.66. The Bertz CT molecular complexity index is 270. The van der Waals surface area contributed by atoms with Crippen molar-refractivity contribution < 1.29 is 0 Å². The molecule has 0 aromatic carbocycles. The fourth-order valence-corrected chi connectivity index (χ4v) is 2.43. The number of hydrogen-bond donors (Lipinski definition) is 1. The van der Waals surface area contributed by atoms with Gasteiger partial charge in [0.05, 0.1) is 0 Å². The Hall–Kier alpha value is -0.0500. The molecule has 1 heterocycles. The fourth-order valence-electron chi connectivity index (χ4n) is 2.35. The molecular weight excluding hydrogens is 232 g/mol. The molecule has 1 rings (SSSR count). The monoisotopic (exact) mass is 258 g/mol. The summed E-state index contributed by atoms with van der Waals surface area (Å²) < 4.78 is 0. The summed E-state index contributed by atoms with van der Waals surface area (Å²) in [5.41, 5.74) is 2.18. The van der Waals surface area contributed by atoms with Crippen molar-refractivity contribution in [3.05, 3.63) is 11.6 Å². The van der Waals surface area contributed by atoms with E-state index in [4.69, 9.17) is 11.6 Å². The number of rotatable bonds is 3. The van der Waals surface area contributed by atoms with E-state index in [9.17, 15) is 0 Å². The molecule has 1 aliphatic rings. The van der Waals surface area contributed by atoms with Gasteiger partial charge in [-0.15, -0.1) is 0 Å². The van der Waals surface area contributed by atoms with Crippen LogP contribution < -0.4 is 5.32 Å². The zero-order chi connectivity index (χ0) is 13.1. The van der Waals surface area contributed by atoms with E-state index in [1.54, 1.807) is 5.54 Å². The van der Waals surface area contributed by atoms with Gasteiger partial charge in [0.15, 0.2) is 0 Å². The molecule has 100 valence electrons. The second-order valence-corrected chi connectivity index (χ2v) is 6.67. The van der Waals surface area contributed by atoms with Crippen molar-refractivity contribution in [3.8, 4) is 0 Å². The minimum Gasteiger partial charge on any atom is -0.310 e. The number of halogens is 1. The Morgan fingerprint density at radius 2 is 2.12 bits per heavy atom. The molecule has 3 heteroatoms. The predicted octanol–water partition coefficient (Wildman–Crippen LogP) is 3.23. The zero-order valence-corrected chi connectivity index (χ0v) is 12.6. The van der Waals surface area contributed by atoms with Crippen LogP contribution in [-0.2, 0) is 0 Å². The zero-order valence-electron chi connectivity index (χ0n) is 11.9. The molecule has 1 saturated heterocycles. The minimum atomic E-state index is 0.248. The first kappa shape index (κ1) is 15.0. The minimum absolute atomic E-state index is 0.248. The highest BCUT2D eigenvalue weighted by Crippen LogP contribution is 2.29. The predicted molar refractivity (Wildman–Crippen MR) is 76.5 cm³/mol. The van der Waals surface area contributed by atoms with Crippen molar-refractivity contribution in [1.29, 1.82) is 0 Å². The first-order valence-corrected chi connectivity index (χ1v) is 7.01. The van der Waals surface area contributed by atoms with Crippen molar-refractivity contribution >= 4 is 11.6 Å². The molecule has 0 aliphatic carbocycles. The molecule has 1 aliphatic heterocycles. The second kappa shape index (κ2) is 5.73. The van der Waals surface area contributed by atoms with Crippen LogP contribution in [0.1, 0.15) is 41.0 Å². The third kappa shape index (κ3) is 3.70. The van der Waals surface area contributed by atoms with Crippen LogP contribution in [0.25, 0.3) is 0 Å². The third-order valence-electron chi connectivity index (χ3n) is 4.12. The van der Waals surface area contributed by atoms with Gasteiger partial charge in [-0.3, -0.25) is 4.90 Å². The van der Waals surface area contributed by atoms with Gasteiger partial charge in [-0.1, -0.05) is 45.4 Å². The number of piperazine rings is 1. The Kier molecular flexibility index (Phi) is 5.06. The number of nitrogens with zero attached hydrogens (tertiary/aromatic N) is 1. The highest BCUT2D eigenvalue weighted by Gasteiger charge is 2.39. The van der Waals surface area contributed by atoms with Crippen molar-refractivity contribution in [2.75, 3.05) is 19.6 Å². The average molecular weight is 259 g/mol. The summed E-state index contributed by atoms with van der Waals surface area (Å²) in [5.74, 6) is 0. The van der Waals surface area contributed by atoms with E-state index < -0.39 is 0 Å². The molecule has 2 nitrogen and oxygen atoms in total. The largest absolute Gasteiger partial charge is 0.310 e. The van der Waals surface area contributed by atoms with E-state index in [-0.39, 0.29) is 5.54 Å². The summed E-state index contributed by atoms with van der Waals surface area (Å²) in [7, 11) is 0. The molecule has 0 bridgehead atoms. The first-order valence-electron chi connectivity index (χ1n) is 6.57. The van der Waals surface area contributed by atoms with Gasteiger partial charge in [0, 0.05) is 36.8 Å². The van der Waals surface area contributed by atoms with Gasteiger partial charge in [0.1, 0.15) is 0 Å². The molecule has 0 spiro atoms. The Balaban J connectivity index is 2.77. The molecule has 0 radical (unpaired) electrons. The van der Waals surface area contributed by atoms with Gasteiger partial charge < -0.3 is 5.32 Å². The Morgan fingerprint density at radius 1 is 1.47 bits per heavy atom. The smallest absolute Gasteiger partial charge is 0.0307 e. The van der Waals surface area contributed by atoms with Gasteiger partial charge in [0.2, 0.25) is 0 Å². The molecule has 1 N–H and O–H groups in total. The SMILES string of the molecule is CCC1(C)CNC(C(C)(C)C)CN1C/C=C/Cl. The maximum absolute atomic E-state index is 5.66. The van der Waals surface area contributed by atoms with Crippen LogP contribution in [0.3, 0.4) is 0 Å². The van der Waals surface area contributed by atoms with Crippen molar-refractivity contribution in [2.45, 2.75) is 52.6 Å². The van der Waals surface area contributed by atoms with E-state index >= 15 is 0 Å². The Morgan fingerprint density at radius 3 is 2.59 bits per heavy atom. The average Bonchev–Trinajstić information content (AvgIpc) is 2.26. The van der Waals surface area contributed by atoms with E-state index in [1.807, 2.05) is 6.08 Å². The van der Waals surface area contributed by atoms with E-state index in [0.29, 0.717) is 11.5 Å². The second-order valence-electron chi connectivity index (χ2n) is 6.42. The van der Waals surface area contributed by atoms with Crippen LogP contribution in [0.2, 0.25) is 0 Å². The van der Waals surface area contributed by atoms with E-state index in [2.05, 4.69) is 44.8 Å². The lowest BCUT2D eigenvalue weighted by atomic mass is 9.81. The fraction of sp³-hybridized carbons (Fsp3) is 0.857. The highest BCUT2D eigenvalue weighted by atomic mass is 35.5. The molecule has 0 aromatic heterocycles. The third-order valence-corrected chi connectivity index (χ3v) is 4.30. The normalized spacial score (nSPS) is 32.2. The lowest BCUT2D eigenvalue weighted by molar-refractivity contribution is 0.0316. The Labute approximate surface area is 111 Å². The van der Waals surface area contributed by atoms with E-state index in [0.717, 1.165) is 26.1 Å². The van der Waals surface area contributed by atoms with Crippen LogP contribution in [0.4, 0.5) is 0 Å². The number of hydrogen-bond acceptors (Lipinski definition) is 2. The molecule has 0 saturated carbocycles. The summed E-state index contributed by atoms with van der Waals surface area (Å²) in [6.07, 6.45) is 3.20. The summed E-state index contributed by atoms with van der Waals surface area (Å²) in [6, 6.07) is 0.547. The lowest BCUT2D eigenvalue weighted by Gasteiger charge is -2.50. The quantitative estimate of drug-likeness (QED) is 0.836. The van der Waals surface area contributed by atoms with Gasteiger partial charge in [-0.05, 0) is 18.8 Å². The van der Waals surface area contributed by atoms with Crippen LogP contribution in [0.5, 0.6) is 0 Å². The van der Waals surface area contributed by atoms with Gasteiger partial charge >= 0.3 is 0 Å². The number of nitrogens with one attached hydrogen (secondary N) is 1. The van der Waals surface area contributed by atoms with Gasteiger partial charge in [-0.2, -0.15) is 0 Å². The van der Waals surface area contributed by atoms with Crippen LogP contribution >= 0.6 is 11.6 Å². The molecule has 17 heavy (non-hydrogen) atoms. The summed E-state index contributed by atoms with van der Waals surface area (Å²) in [6.45, 7) is 14.6. The van der Waals surface area contributed by atoms with Crippen LogP contribution in [-0.4, -0.2) is 36.1 Å². The molecule has 2 unspecified atom stereocenters. The maximum Gasteiger partial charge on any atom is 0.0307 e. The van der Waals surface area contributed by atoms with Crippen molar-refractivity contribution in [3.63, 3.8) is 0 Å². The first-order chi connectivity index (χ1) is 7.83. The van der Waals surface area contributed by atoms with Crippen molar-refractivity contribution in [1.82, 2.24) is 10.2 Å². The van der Waals surface area contributed by atoms with Crippen LogP contribution in [0.15, 0.2) is 11.6 Å². The molecule has 1 fully saturated rings. The summed E-state index contributed by atoms with van der Waals surface area (Å²) in [5, 5.41) is 3.71. The summed E-state index contributed by atoms with van der Waals surface area (Å²) in [4.78, 5) is 2.55. The standard InChI is InChI=1S/C14H27ClN2/c1-6-14(5)11-16-12(13(2,3)4)10-17(14)9-7-8-15/h7-8,12,16H,6,9-11H2,1-5H3/b8-7+. The lowest BCUT2D eigenvalue weighted by Crippen LogP contribution is -2.65.